The van der Waals surface area contributed by atoms with Gasteiger partial charge in [-0.15, -0.1) is 0 Å². The summed E-state index contributed by atoms with van der Waals surface area (Å²) >= 11 is 12.9. The fraction of sp³-hybridized carbons (Fsp3) is 0.571. The van der Waals surface area contributed by atoms with Gasteiger partial charge in [-0.25, -0.2) is 4.79 Å². The predicted molar refractivity (Wildman–Crippen MR) is 111 cm³/mol. The molecule has 2 amide bonds. The smallest absolute Gasteiger partial charge is 0.317 e. The number of amides is 2. The highest BCUT2D eigenvalue weighted by Gasteiger charge is 2.25. The van der Waals surface area contributed by atoms with Crippen LogP contribution in [-0.2, 0) is 0 Å². The van der Waals surface area contributed by atoms with Crippen LogP contribution < -0.4 is 5.32 Å². The van der Waals surface area contributed by atoms with Crippen LogP contribution >= 0.6 is 23.2 Å². The highest BCUT2D eigenvalue weighted by atomic mass is 35.5. The summed E-state index contributed by atoms with van der Waals surface area (Å²) in [4.78, 5) is 16.8. The number of nitrogens with zero attached hydrogens (tertiary/aromatic N) is 2. The van der Waals surface area contributed by atoms with Gasteiger partial charge >= 0.3 is 6.03 Å². The fourth-order valence-corrected chi connectivity index (χ4v) is 3.86. The second-order valence-corrected chi connectivity index (χ2v) is 8.45. The summed E-state index contributed by atoms with van der Waals surface area (Å²) in [6.07, 6.45) is 4.33. The highest BCUT2D eigenvalue weighted by molar-refractivity contribution is 6.43. The Kier molecular flexibility index (Phi) is 6.57. The Morgan fingerprint density at radius 1 is 1.22 bits per heavy atom. The Bertz CT molecular complexity index is 759. The summed E-state index contributed by atoms with van der Waals surface area (Å²) < 4.78 is 0. The van der Waals surface area contributed by atoms with E-state index < -0.39 is 0 Å². The second-order valence-electron chi connectivity index (χ2n) is 7.69. The third-order valence-corrected chi connectivity index (χ3v) is 6.36. The predicted octanol–water partition coefficient (Wildman–Crippen LogP) is 4.55. The van der Waals surface area contributed by atoms with E-state index in [1.165, 1.54) is 12.8 Å². The standard InChI is InChI=1S/C21H27Cl2N3O/c1-14(24-21(27)26(3)17-10-12-25(2)13-11-17)18-9-8-16(19(22)20(18)23)7-6-15-4-5-15/h8-9,14-15,17H,4-5,10-13H2,1-3H3,(H,24,27). The quantitative estimate of drug-likeness (QED) is 0.745. The van der Waals surface area contributed by atoms with Crippen LogP contribution in [0.4, 0.5) is 4.79 Å². The van der Waals surface area contributed by atoms with Gasteiger partial charge in [0.2, 0.25) is 0 Å². The number of nitrogens with one attached hydrogen (secondary N) is 1. The molecule has 1 aromatic carbocycles. The van der Waals surface area contributed by atoms with Crippen molar-refractivity contribution in [3.05, 3.63) is 33.3 Å². The molecule has 0 spiro atoms. The second kappa shape index (κ2) is 8.73. The first-order chi connectivity index (χ1) is 12.9. The molecule has 1 N–H and O–H groups in total. The molecule has 0 radical (unpaired) electrons. The van der Waals surface area contributed by atoms with E-state index in [2.05, 4.69) is 29.1 Å². The summed E-state index contributed by atoms with van der Waals surface area (Å²) in [5.74, 6) is 6.83. The van der Waals surface area contributed by atoms with Crippen molar-refractivity contribution in [2.24, 2.45) is 5.92 Å². The van der Waals surface area contributed by atoms with E-state index in [-0.39, 0.29) is 18.1 Å². The van der Waals surface area contributed by atoms with Crippen molar-refractivity contribution in [1.82, 2.24) is 15.1 Å². The van der Waals surface area contributed by atoms with E-state index in [0.717, 1.165) is 37.1 Å². The maximum atomic E-state index is 12.7. The highest BCUT2D eigenvalue weighted by Crippen LogP contribution is 2.33. The summed E-state index contributed by atoms with van der Waals surface area (Å²) in [5, 5.41) is 3.98. The molecule has 27 heavy (non-hydrogen) atoms. The number of hydrogen-bond acceptors (Lipinski definition) is 2. The van der Waals surface area contributed by atoms with Crippen molar-refractivity contribution in [1.29, 1.82) is 0 Å². The van der Waals surface area contributed by atoms with Crippen molar-refractivity contribution >= 4 is 29.2 Å². The average molecular weight is 408 g/mol. The lowest BCUT2D eigenvalue weighted by molar-refractivity contribution is 0.146. The fourth-order valence-electron chi connectivity index (χ4n) is 3.32. The molecule has 0 aromatic heterocycles. The molecule has 1 heterocycles. The van der Waals surface area contributed by atoms with E-state index in [4.69, 9.17) is 23.2 Å². The van der Waals surface area contributed by atoms with Crippen molar-refractivity contribution in [3.8, 4) is 11.8 Å². The number of rotatable bonds is 3. The van der Waals surface area contributed by atoms with Gasteiger partial charge in [0.15, 0.2) is 0 Å². The van der Waals surface area contributed by atoms with E-state index in [1.54, 1.807) is 0 Å². The number of carbonyl (C=O) groups excluding carboxylic acids is 1. The zero-order chi connectivity index (χ0) is 19.6. The summed E-state index contributed by atoms with van der Waals surface area (Å²) in [6, 6.07) is 3.75. The van der Waals surface area contributed by atoms with Crippen LogP contribution in [0.25, 0.3) is 0 Å². The molecule has 2 fully saturated rings. The number of halogens is 2. The normalized spacial score (nSPS) is 19.1. The zero-order valence-corrected chi connectivity index (χ0v) is 17.7. The lowest BCUT2D eigenvalue weighted by atomic mass is 10.0. The molecule has 4 nitrogen and oxygen atoms in total. The van der Waals surface area contributed by atoms with Gasteiger partial charge in [0.25, 0.3) is 0 Å². The van der Waals surface area contributed by atoms with Crippen molar-refractivity contribution < 1.29 is 4.79 Å². The number of likely N-dealkylation sites (tertiary alicyclic amines) is 1. The number of carbonyl (C=O) groups is 1. The van der Waals surface area contributed by atoms with E-state index in [0.29, 0.717) is 16.0 Å². The Labute approximate surface area is 172 Å². The molecule has 1 saturated carbocycles. The largest absolute Gasteiger partial charge is 0.331 e. The molecular formula is C21H27Cl2N3O. The maximum absolute atomic E-state index is 12.7. The average Bonchev–Trinajstić information content (AvgIpc) is 3.47. The van der Waals surface area contributed by atoms with Crippen molar-refractivity contribution in [3.63, 3.8) is 0 Å². The zero-order valence-electron chi connectivity index (χ0n) is 16.2. The Morgan fingerprint density at radius 3 is 2.52 bits per heavy atom. The molecule has 146 valence electrons. The van der Waals surface area contributed by atoms with E-state index >= 15 is 0 Å². The van der Waals surface area contributed by atoms with Gasteiger partial charge in [-0.3, -0.25) is 0 Å². The molecular weight excluding hydrogens is 381 g/mol. The summed E-state index contributed by atoms with van der Waals surface area (Å²) in [5.41, 5.74) is 1.56. The summed E-state index contributed by atoms with van der Waals surface area (Å²) in [7, 11) is 3.98. The molecule has 1 atom stereocenters. The van der Waals surface area contributed by atoms with Gasteiger partial charge in [0, 0.05) is 24.6 Å². The number of urea groups is 1. The van der Waals surface area contributed by atoms with Gasteiger partial charge in [-0.1, -0.05) is 41.1 Å². The third-order valence-electron chi connectivity index (χ3n) is 5.46. The Morgan fingerprint density at radius 2 is 1.89 bits per heavy atom. The Hall–Kier alpha value is -1.41. The van der Waals surface area contributed by atoms with Gasteiger partial charge in [-0.05, 0) is 64.4 Å². The lowest BCUT2D eigenvalue weighted by Crippen LogP contribution is -2.48. The van der Waals surface area contributed by atoms with E-state index in [9.17, 15) is 4.79 Å². The minimum atomic E-state index is -0.235. The monoisotopic (exact) mass is 407 g/mol. The van der Waals surface area contributed by atoms with Crippen LogP contribution in [0, 0.1) is 17.8 Å². The SMILES string of the molecule is CC(NC(=O)N(C)C1CCN(C)CC1)c1ccc(C#CC2CC2)c(Cl)c1Cl. The van der Waals surface area contributed by atoms with Crippen LogP contribution in [0.3, 0.4) is 0 Å². The van der Waals surface area contributed by atoms with Crippen LogP contribution in [0.15, 0.2) is 12.1 Å². The molecule has 1 aliphatic carbocycles. The van der Waals surface area contributed by atoms with Gasteiger partial charge in [0.1, 0.15) is 0 Å². The van der Waals surface area contributed by atoms with Crippen LogP contribution in [-0.4, -0.2) is 49.1 Å². The van der Waals surface area contributed by atoms with Crippen LogP contribution in [0.2, 0.25) is 10.0 Å². The topological polar surface area (TPSA) is 35.6 Å². The first-order valence-electron chi connectivity index (χ1n) is 9.58. The molecule has 1 unspecified atom stereocenters. The lowest BCUT2D eigenvalue weighted by Gasteiger charge is -2.35. The third kappa shape index (κ3) is 5.10. The molecule has 0 bridgehead atoms. The molecule has 6 heteroatoms. The minimum Gasteiger partial charge on any atom is -0.331 e. The molecule has 1 saturated heterocycles. The first kappa shape index (κ1) is 20.3. The van der Waals surface area contributed by atoms with Crippen molar-refractivity contribution in [2.75, 3.05) is 27.2 Å². The molecule has 1 aliphatic heterocycles. The first-order valence-corrected chi connectivity index (χ1v) is 10.3. The molecule has 2 aliphatic rings. The maximum Gasteiger partial charge on any atom is 0.317 e. The number of hydrogen-bond donors (Lipinski definition) is 1. The number of piperidine rings is 1. The van der Waals surface area contributed by atoms with E-state index in [1.807, 2.05) is 31.0 Å². The van der Waals surface area contributed by atoms with Crippen LogP contribution in [0.1, 0.15) is 49.8 Å². The van der Waals surface area contributed by atoms with Gasteiger partial charge in [-0.2, -0.15) is 0 Å². The van der Waals surface area contributed by atoms with Gasteiger partial charge in [0.05, 0.1) is 16.1 Å². The molecule has 3 rings (SSSR count). The summed E-state index contributed by atoms with van der Waals surface area (Å²) in [6.45, 7) is 3.96. The van der Waals surface area contributed by atoms with Crippen molar-refractivity contribution in [2.45, 2.75) is 44.7 Å². The minimum absolute atomic E-state index is 0.0816. The van der Waals surface area contributed by atoms with Gasteiger partial charge < -0.3 is 15.1 Å². The Balaban J connectivity index is 1.64. The molecule has 1 aromatic rings. The number of benzene rings is 1. The van der Waals surface area contributed by atoms with Crippen LogP contribution in [0.5, 0.6) is 0 Å².